The van der Waals surface area contributed by atoms with E-state index in [0.29, 0.717) is 24.5 Å². The molecule has 0 aromatic heterocycles. The maximum Gasteiger partial charge on any atom is 0.322 e. The molecular weight excluding hydrogens is 250 g/mol. The normalized spacial score (nSPS) is 9.95. The summed E-state index contributed by atoms with van der Waals surface area (Å²) in [4.78, 5) is 22.0. The van der Waals surface area contributed by atoms with Crippen molar-refractivity contribution < 1.29 is 24.2 Å². The standard InChI is InChI=1S/C13H17NO5/c1-18-6-3-7-19-11-5-2-4-10(8-11)13(17)14-9-12(15)16/h2,4-5,8H,3,6-7,9H2,1H3,(H,14,17)(H,15,16). The van der Waals surface area contributed by atoms with Crippen molar-refractivity contribution in [3.63, 3.8) is 0 Å². The molecule has 0 aliphatic carbocycles. The molecule has 19 heavy (non-hydrogen) atoms. The number of rotatable bonds is 8. The lowest BCUT2D eigenvalue weighted by Gasteiger charge is -2.07. The number of carbonyl (C=O) groups is 2. The van der Waals surface area contributed by atoms with Crippen molar-refractivity contribution in [2.45, 2.75) is 6.42 Å². The summed E-state index contributed by atoms with van der Waals surface area (Å²) in [7, 11) is 1.62. The van der Waals surface area contributed by atoms with Gasteiger partial charge in [0.05, 0.1) is 6.61 Å². The first kappa shape index (κ1) is 15.0. The Morgan fingerprint density at radius 3 is 2.79 bits per heavy atom. The van der Waals surface area contributed by atoms with E-state index in [2.05, 4.69) is 5.32 Å². The average Bonchev–Trinajstić information content (AvgIpc) is 2.41. The summed E-state index contributed by atoms with van der Waals surface area (Å²) in [6.45, 7) is 0.699. The summed E-state index contributed by atoms with van der Waals surface area (Å²) < 4.78 is 10.3. The minimum atomic E-state index is -1.08. The van der Waals surface area contributed by atoms with E-state index in [0.717, 1.165) is 6.42 Å². The third kappa shape index (κ3) is 5.87. The monoisotopic (exact) mass is 267 g/mol. The van der Waals surface area contributed by atoms with Gasteiger partial charge in [-0.05, 0) is 18.2 Å². The largest absolute Gasteiger partial charge is 0.493 e. The predicted octanol–water partition coefficient (Wildman–Crippen LogP) is 0.916. The van der Waals surface area contributed by atoms with Gasteiger partial charge >= 0.3 is 5.97 Å². The highest BCUT2D eigenvalue weighted by molar-refractivity contribution is 5.96. The van der Waals surface area contributed by atoms with Gasteiger partial charge in [0.15, 0.2) is 0 Å². The van der Waals surface area contributed by atoms with Crippen LogP contribution in [0.25, 0.3) is 0 Å². The van der Waals surface area contributed by atoms with E-state index in [4.69, 9.17) is 14.6 Å². The first-order chi connectivity index (χ1) is 9.13. The van der Waals surface area contributed by atoms with Crippen LogP contribution in [0.1, 0.15) is 16.8 Å². The summed E-state index contributed by atoms with van der Waals surface area (Å²) in [6.07, 6.45) is 0.756. The van der Waals surface area contributed by atoms with E-state index in [9.17, 15) is 9.59 Å². The highest BCUT2D eigenvalue weighted by Crippen LogP contribution is 2.13. The SMILES string of the molecule is COCCCOc1cccc(C(=O)NCC(=O)O)c1. The van der Waals surface area contributed by atoms with Gasteiger partial charge in [-0.1, -0.05) is 6.07 Å². The van der Waals surface area contributed by atoms with Crippen LogP contribution in [0.4, 0.5) is 0 Å². The van der Waals surface area contributed by atoms with Crippen LogP contribution in [0.3, 0.4) is 0 Å². The molecular formula is C13H17NO5. The number of nitrogens with one attached hydrogen (secondary N) is 1. The molecule has 0 spiro atoms. The van der Waals surface area contributed by atoms with E-state index < -0.39 is 18.4 Å². The van der Waals surface area contributed by atoms with Crippen LogP contribution in [-0.4, -0.2) is 43.9 Å². The van der Waals surface area contributed by atoms with E-state index in [1.165, 1.54) is 0 Å². The Kier molecular flexibility index (Phi) is 6.38. The lowest BCUT2D eigenvalue weighted by molar-refractivity contribution is -0.135. The van der Waals surface area contributed by atoms with Crippen LogP contribution >= 0.6 is 0 Å². The molecule has 0 aliphatic heterocycles. The molecule has 0 unspecified atom stereocenters. The van der Waals surface area contributed by atoms with Crippen LogP contribution in [0.15, 0.2) is 24.3 Å². The fourth-order valence-corrected chi connectivity index (χ4v) is 1.38. The van der Waals surface area contributed by atoms with Crippen LogP contribution in [0.5, 0.6) is 5.75 Å². The van der Waals surface area contributed by atoms with Gasteiger partial charge in [-0.3, -0.25) is 9.59 Å². The third-order valence-corrected chi connectivity index (χ3v) is 2.26. The van der Waals surface area contributed by atoms with Crippen LogP contribution in [0, 0.1) is 0 Å². The molecule has 6 nitrogen and oxygen atoms in total. The van der Waals surface area contributed by atoms with Crippen molar-refractivity contribution in [3.05, 3.63) is 29.8 Å². The Morgan fingerprint density at radius 2 is 2.11 bits per heavy atom. The smallest absolute Gasteiger partial charge is 0.322 e. The van der Waals surface area contributed by atoms with Crippen molar-refractivity contribution in [1.82, 2.24) is 5.32 Å². The molecule has 0 atom stereocenters. The fraction of sp³-hybridized carbons (Fsp3) is 0.385. The van der Waals surface area contributed by atoms with Crippen LogP contribution < -0.4 is 10.1 Å². The number of hydrogen-bond donors (Lipinski definition) is 2. The number of ether oxygens (including phenoxy) is 2. The molecule has 1 aromatic rings. The Balaban J connectivity index is 2.51. The highest BCUT2D eigenvalue weighted by atomic mass is 16.5. The number of carboxylic acid groups (broad SMARTS) is 1. The molecule has 0 radical (unpaired) electrons. The minimum Gasteiger partial charge on any atom is -0.493 e. The number of hydrogen-bond acceptors (Lipinski definition) is 4. The summed E-state index contributed by atoms with van der Waals surface area (Å²) in [6, 6.07) is 6.59. The van der Waals surface area contributed by atoms with Gasteiger partial charge < -0.3 is 19.9 Å². The number of carboxylic acids is 1. The van der Waals surface area contributed by atoms with Crippen molar-refractivity contribution in [2.75, 3.05) is 26.9 Å². The maximum absolute atomic E-state index is 11.6. The number of methoxy groups -OCH3 is 1. The summed E-state index contributed by atoms with van der Waals surface area (Å²) >= 11 is 0. The lowest BCUT2D eigenvalue weighted by Crippen LogP contribution is -2.29. The van der Waals surface area contributed by atoms with Crippen LogP contribution in [0.2, 0.25) is 0 Å². The molecule has 0 aliphatic rings. The van der Waals surface area contributed by atoms with Gasteiger partial charge in [-0.25, -0.2) is 0 Å². The number of carbonyl (C=O) groups excluding carboxylic acids is 1. The molecule has 104 valence electrons. The van der Waals surface area contributed by atoms with Gasteiger partial charge in [0.1, 0.15) is 12.3 Å². The second kappa shape index (κ2) is 8.10. The maximum atomic E-state index is 11.6. The van der Waals surface area contributed by atoms with E-state index in [-0.39, 0.29) is 0 Å². The molecule has 6 heteroatoms. The average molecular weight is 267 g/mol. The van der Waals surface area contributed by atoms with Crippen molar-refractivity contribution in [1.29, 1.82) is 0 Å². The molecule has 0 heterocycles. The zero-order chi connectivity index (χ0) is 14.1. The van der Waals surface area contributed by atoms with Gasteiger partial charge in [0, 0.05) is 25.7 Å². The lowest BCUT2D eigenvalue weighted by atomic mass is 10.2. The van der Waals surface area contributed by atoms with Gasteiger partial charge in [0.2, 0.25) is 0 Å². The van der Waals surface area contributed by atoms with Gasteiger partial charge in [-0.15, -0.1) is 0 Å². The van der Waals surface area contributed by atoms with E-state index in [1.807, 2.05) is 0 Å². The molecule has 0 saturated carbocycles. The zero-order valence-corrected chi connectivity index (χ0v) is 10.7. The summed E-state index contributed by atoms with van der Waals surface area (Å²) in [5.41, 5.74) is 0.366. The van der Waals surface area contributed by atoms with Crippen LogP contribution in [-0.2, 0) is 9.53 Å². The third-order valence-electron chi connectivity index (χ3n) is 2.26. The Morgan fingerprint density at radius 1 is 1.32 bits per heavy atom. The first-order valence-corrected chi connectivity index (χ1v) is 5.85. The van der Waals surface area contributed by atoms with Gasteiger partial charge in [-0.2, -0.15) is 0 Å². The second-order valence-corrected chi connectivity index (χ2v) is 3.80. The van der Waals surface area contributed by atoms with E-state index in [1.54, 1.807) is 31.4 Å². The molecule has 1 rings (SSSR count). The Labute approximate surface area is 111 Å². The highest BCUT2D eigenvalue weighted by Gasteiger charge is 2.07. The zero-order valence-electron chi connectivity index (χ0n) is 10.7. The second-order valence-electron chi connectivity index (χ2n) is 3.80. The quantitative estimate of drug-likeness (QED) is 0.684. The van der Waals surface area contributed by atoms with Crippen molar-refractivity contribution in [3.8, 4) is 5.75 Å². The molecule has 2 N–H and O–H groups in total. The van der Waals surface area contributed by atoms with E-state index >= 15 is 0 Å². The molecule has 1 aromatic carbocycles. The van der Waals surface area contributed by atoms with Crippen molar-refractivity contribution >= 4 is 11.9 Å². The first-order valence-electron chi connectivity index (χ1n) is 5.85. The number of benzene rings is 1. The fourth-order valence-electron chi connectivity index (χ4n) is 1.38. The summed E-state index contributed by atoms with van der Waals surface area (Å²) in [5, 5.41) is 10.8. The molecule has 0 fully saturated rings. The predicted molar refractivity (Wildman–Crippen MR) is 68.4 cm³/mol. The van der Waals surface area contributed by atoms with Gasteiger partial charge in [0.25, 0.3) is 5.91 Å². The number of aliphatic carboxylic acids is 1. The molecule has 0 saturated heterocycles. The van der Waals surface area contributed by atoms with Crippen molar-refractivity contribution in [2.24, 2.45) is 0 Å². The molecule has 0 bridgehead atoms. The Hall–Kier alpha value is -2.08. The minimum absolute atomic E-state index is 0.366. The number of amides is 1. The topological polar surface area (TPSA) is 84.9 Å². The summed E-state index contributed by atoms with van der Waals surface area (Å²) in [5.74, 6) is -0.955. The Bertz CT molecular complexity index is 433. The molecule has 1 amide bonds.